The maximum Gasteiger partial charge on any atom is 0.481 e. The number of anilines is 1. The van der Waals surface area contributed by atoms with Crippen LogP contribution < -0.4 is 16.4 Å². The quantitative estimate of drug-likeness (QED) is 0.0234. The maximum absolute atomic E-state index is 12.7. The summed E-state index contributed by atoms with van der Waals surface area (Å²) in [7, 11) is -16.4. The Morgan fingerprint density at radius 3 is 2.34 bits per heavy atom. The van der Waals surface area contributed by atoms with Gasteiger partial charge in [-0.2, -0.15) is 4.31 Å². The van der Waals surface area contributed by atoms with Crippen LogP contribution in [0.3, 0.4) is 0 Å². The molecule has 1 saturated heterocycles. The smallest absolute Gasteiger partial charge is 0.386 e. The molecule has 3 heterocycles. The number of allylic oxidation sites excluding steroid dienone is 5. The number of ether oxygens (including phenoxy) is 1. The maximum atomic E-state index is 12.7. The third-order valence-electron chi connectivity index (χ3n) is 9.42. The minimum atomic E-state index is -5.58. The molecular formula is C37H60N7O17P3S. The average Bonchev–Trinajstić information content (AvgIpc) is 3.79. The molecule has 0 radical (unpaired) electrons. The van der Waals surface area contributed by atoms with Crippen molar-refractivity contribution in [1.82, 2.24) is 30.2 Å². The molecule has 0 spiro atoms. The molecule has 0 aliphatic carbocycles. The first-order chi connectivity index (χ1) is 30.6. The summed E-state index contributed by atoms with van der Waals surface area (Å²) in [6, 6.07) is 0. The van der Waals surface area contributed by atoms with Crippen LogP contribution in [0, 0.1) is 5.41 Å². The molecule has 2 amide bonds. The van der Waals surface area contributed by atoms with Crippen molar-refractivity contribution in [3.05, 3.63) is 49.1 Å². The highest BCUT2D eigenvalue weighted by Gasteiger charge is 2.50. The summed E-state index contributed by atoms with van der Waals surface area (Å²) in [5.41, 5.74) is 4.26. The van der Waals surface area contributed by atoms with Gasteiger partial charge in [-0.1, -0.05) is 101 Å². The van der Waals surface area contributed by atoms with E-state index in [9.17, 15) is 57.9 Å². The molecule has 28 heteroatoms. The highest BCUT2D eigenvalue weighted by Crippen LogP contribution is 2.61. The number of fused-ring (bicyclic) bond motifs is 1. The molecule has 3 rings (SSSR count). The molecule has 2 unspecified atom stereocenters. The number of carbonyl (C=O) groups excluding carboxylic acids is 3. The van der Waals surface area contributed by atoms with E-state index in [4.69, 9.17) is 19.5 Å². The van der Waals surface area contributed by atoms with Crippen molar-refractivity contribution >= 4 is 69.1 Å². The van der Waals surface area contributed by atoms with Crippen molar-refractivity contribution in [2.45, 2.75) is 109 Å². The van der Waals surface area contributed by atoms with Gasteiger partial charge in [0.2, 0.25) is 16.9 Å². The number of phosphoric ester groups is 3. The number of thioether (sulfide) groups is 1. The molecule has 1 fully saturated rings. The molecule has 7 atom stereocenters. The number of nitrogen functional groups attached to an aromatic ring is 1. The lowest BCUT2D eigenvalue weighted by molar-refractivity contribution is -0.137. The molecule has 10 N–H and O–H groups in total. The van der Waals surface area contributed by atoms with Crippen LogP contribution in [-0.4, -0.2) is 123 Å². The number of hydrogen-bond donors (Lipinski definition) is 9. The summed E-state index contributed by atoms with van der Waals surface area (Å²) in [4.78, 5) is 88.1. The lowest BCUT2D eigenvalue weighted by atomic mass is 9.87. The van der Waals surface area contributed by atoms with E-state index in [1.54, 1.807) is 12.2 Å². The van der Waals surface area contributed by atoms with E-state index < -0.39 is 84.6 Å². The Kier molecular flexibility index (Phi) is 23.3. The van der Waals surface area contributed by atoms with E-state index in [1.165, 1.54) is 58.4 Å². The number of amides is 2. The Labute approximate surface area is 380 Å². The monoisotopic (exact) mass is 999 g/mol. The zero-order chi connectivity index (χ0) is 48.3. The molecule has 366 valence electrons. The normalized spacial score (nSPS) is 20.7. The number of aromatic nitrogens is 4. The van der Waals surface area contributed by atoms with Crippen LogP contribution >= 0.6 is 35.2 Å². The van der Waals surface area contributed by atoms with Crippen LogP contribution in [0.4, 0.5) is 5.82 Å². The van der Waals surface area contributed by atoms with Crippen LogP contribution in [0.5, 0.6) is 0 Å². The first-order valence-corrected chi connectivity index (χ1v) is 26.1. The van der Waals surface area contributed by atoms with Crippen molar-refractivity contribution in [1.29, 1.82) is 0 Å². The number of rotatable bonds is 30. The standard InChI is InChI=1S/C37H60N7O17P3S/c1-4-5-6-7-8-9-10-11-12-13-14-15-16-17-28(46)65-21-20-39-27(45)18-19-40-35(49)32(48)37(2,3)23-58-64(55,56)61-63(53,54)57-22-26-31(60-62(50,51)52)30(47)36(59-26)44-25-43-29-33(38)41-24-42-34(29)44/h12-17,24-26,30-32,36,47-48H,4-11,18-23H2,1-3H3,(H,39,45)(H,40,49)(H,53,54)(H,55,56)(H2,38,41,42)(H2,50,51,52)/t26-,30-,31-,32+,36-/m1/s1. The summed E-state index contributed by atoms with van der Waals surface area (Å²) in [6.45, 7) is 2.66. The van der Waals surface area contributed by atoms with E-state index in [2.05, 4.69) is 47.4 Å². The second-order valence-corrected chi connectivity index (χ2v) is 20.7. The fourth-order valence-electron chi connectivity index (χ4n) is 5.99. The molecule has 2 aromatic heterocycles. The Morgan fingerprint density at radius 1 is 0.954 bits per heavy atom. The number of nitrogens with two attached hydrogens (primary N) is 1. The van der Waals surface area contributed by atoms with E-state index in [-0.39, 0.29) is 41.6 Å². The van der Waals surface area contributed by atoms with Crippen LogP contribution in [0.25, 0.3) is 11.2 Å². The fraction of sp³-hybridized carbons (Fsp3) is 0.622. The van der Waals surface area contributed by atoms with Gasteiger partial charge < -0.3 is 50.9 Å². The summed E-state index contributed by atoms with van der Waals surface area (Å²) in [5, 5.41) is 26.3. The Balaban J connectivity index is 1.36. The summed E-state index contributed by atoms with van der Waals surface area (Å²) in [6.07, 6.45) is 13.6. The first kappa shape index (κ1) is 56.1. The van der Waals surface area contributed by atoms with Gasteiger partial charge in [0.05, 0.1) is 19.5 Å². The predicted octanol–water partition coefficient (Wildman–Crippen LogP) is 3.47. The van der Waals surface area contributed by atoms with E-state index >= 15 is 0 Å². The van der Waals surface area contributed by atoms with Crippen LogP contribution in [0.2, 0.25) is 0 Å². The van der Waals surface area contributed by atoms with Crippen molar-refractivity contribution in [2.24, 2.45) is 5.41 Å². The number of carbonyl (C=O) groups is 3. The SMILES string of the molecule is CCCCCCCCCC=CC=CC=CC(=O)SCCNC(=O)CCNC(=O)[C@H](O)C(C)(C)COP(=O)(O)OP(=O)(O)OC[C@H]1O[C@@H](n2cnc3c(N)ncnc32)[C@H](O)[C@@H]1OP(=O)(O)O. The summed E-state index contributed by atoms with van der Waals surface area (Å²) in [5.74, 6) is -1.16. The minimum absolute atomic E-state index is 0.0298. The summed E-state index contributed by atoms with van der Waals surface area (Å²) >= 11 is 1.02. The van der Waals surface area contributed by atoms with Crippen LogP contribution in [-0.2, 0) is 50.7 Å². The fourth-order valence-corrected chi connectivity index (χ4v) is 9.40. The molecule has 1 aliphatic heterocycles. The third-order valence-corrected chi connectivity index (χ3v) is 13.4. The lowest BCUT2D eigenvalue weighted by Crippen LogP contribution is -2.46. The molecule has 65 heavy (non-hydrogen) atoms. The van der Waals surface area contributed by atoms with Crippen molar-refractivity contribution < 1.29 is 80.5 Å². The number of nitrogens with zero attached hydrogens (tertiary/aromatic N) is 4. The van der Waals surface area contributed by atoms with Gasteiger partial charge in [0.25, 0.3) is 0 Å². The van der Waals surface area contributed by atoms with Crippen LogP contribution in [0.1, 0.15) is 84.8 Å². The zero-order valence-corrected chi connectivity index (χ0v) is 39.7. The second kappa shape index (κ2) is 26.9. The molecule has 0 aromatic carbocycles. The number of nitrogens with one attached hydrogen (secondary N) is 2. The molecule has 1 aliphatic rings. The van der Waals surface area contributed by atoms with Gasteiger partial charge in [0, 0.05) is 30.7 Å². The Morgan fingerprint density at radius 2 is 1.63 bits per heavy atom. The van der Waals surface area contributed by atoms with Crippen molar-refractivity contribution in [3.63, 3.8) is 0 Å². The number of aliphatic hydroxyl groups excluding tert-OH is 2. The zero-order valence-electron chi connectivity index (χ0n) is 36.2. The molecule has 0 saturated carbocycles. The number of aliphatic hydroxyl groups is 2. The molecule has 2 aromatic rings. The van der Waals surface area contributed by atoms with Crippen molar-refractivity contribution in [3.8, 4) is 0 Å². The number of unbranched alkanes of at least 4 members (excludes halogenated alkanes) is 7. The largest absolute Gasteiger partial charge is 0.481 e. The van der Waals surface area contributed by atoms with Gasteiger partial charge in [0.1, 0.15) is 36.3 Å². The highest BCUT2D eigenvalue weighted by atomic mass is 32.2. The first-order valence-electron chi connectivity index (χ1n) is 20.6. The topological polar surface area (TPSA) is 364 Å². The molecule has 24 nitrogen and oxygen atoms in total. The highest BCUT2D eigenvalue weighted by molar-refractivity contribution is 8.14. The van der Waals surface area contributed by atoms with Gasteiger partial charge in [0.15, 0.2) is 17.7 Å². The minimum Gasteiger partial charge on any atom is -0.386 e. The third kappa shape index (κ3) is 20.3. The molecular weight excluding hydrogens is 939 g/mol. The Bertz CT molecular complexity index is 2100. The van der Waals surface area contributed by atoms with Gasteiger partial charge in [-0.05, 0) is 18.9 Å². The predicted molar refractivity (Wildman–Crippen MR) is 237 cm³/mol. The second-order valence-electron chi connectivity index (χ2n) is 15.3. The molecule has 0 bridgehead atoms. The van der Waals surface area contributed by atoms with E-state index in [1.807, 2.05) is 12.2 Å². The number of imidazole rings is 1. The van der Waals surface area contributed by atoms with Crippen molar-refractivity contribution in [2.75, 3.05) is 37.8 Å². The van der Waals surface area contributed by atoms with Gasteiger partial charge in [-0.3, -0.25) is 32.5 Å². The van der Waals surface area contributed by atoms with Gasteiger partial charge >= 0.3 is 23.5 Å². The van der Waals surface area contributed by atoms with Gasteiger partial charge in [-0.15, -0.1) is 0 Å². The summed E-state index contributed by atoms with van der Waals surface area (Å²) < 4.78 is 62.3. The van der Waals surface area contributed by atoms with E-state index in [0.29, 0.717) is 5.75 Å². The Hall–Kier alpha value is -3.22. The van der Waals surface area contributed by atoms with E-state index in [0.717, 1.165) is 41.8 Å². The van der Waals surface area contributed by atoms with Crippen LogP contribution in [0.15, 0.2) is 49.1 Å². The number of hydrogen-bond acceptors (Lipinski definition) is 18. The lowest BCUT2D eigenvalue weighted by Gasteiger charge is -2.30. The number of phosphoric acid groups is 3. The van der Waals surface area contributed by atoms with Gasteiger partial charge in [-0.25, -0.2) is 28.6 Å². The average molecular weight is 1000 g/mol.